The molecule has 0 heterocycles. The Morgan fingerprint density at radius 2 is 1.95 bits per heavy atom. The van der Waals surface area contributed by atoms with Gasteiger partial charge in [-0.2, -0.15) is 0 Å². The number of esters is 1. The van der Waals surface area contributed by atoms with Crippen molar-refractivity contribution >= 4 is 5.97 Å². The SMILES string of the molecule is COC(=O)C[C@H](N)c1ccc(F)c(Oc2ccccc2)c1. The number of halogens is 1. The van der Waals surface area contributed by atoms with Gasteiger partial charge < -0.3 is 15.2 Å². The zero-order valence-corrected chi connectivity index (χ0v) is 11.6. The van der Waals surface area contributed by atoms with Gasteiger partial charge in [0.2, 0.25) is 0 Å². The molecule has 0 saturated carbocycles. The number of rotatable bonds is 5. The lowest BCUT2D eigenvalue weighted by Crippen LogP contribution is -2.16. The molecule has 0 aliphatic rings. The van der Waals surface area contributed by atoms with Crippen molar-refractivity contribution in [2.45, 2.75) is 12.5 Å². The summed E-state index contributed by atoms with van der Waals surface area (Å²) in [5.74, 6) is -0.320. The standard InChI is InChI=1S/C16H16FNO3/c1-20-16(19)10-14(18)11-7-8-13(17)15(9-11)21-12-5-3-2-4-6-12/h2-9,14H,10,18H2,1H3/t14-/m0/s1. The molecule has 0 radical (unpaired) electrons. The van der Waals surface area contributed by atoms with Crippen LogP contribution in [0.15, 0.2) is 48.5 Å². The highest BCUT2D eigenvalue weighted by Crippen LogP contribution is 2.27. The number of benzene rings is 2. The van der Waals surface area contributed by atoms with Crippen molar-refractivity contribution in [3.05, 3.63) is 59.9 Å². The summed E-state index contributed by atoms with van der Waals surface area (Å²) in [6.07, 6.45) is 0.0207. The average molecular weight is 289 g/mol. The Morgan fingerprint density at radius 3 is 2.62 bits per heavy atom. The summed E-state index contributed by atoms with van der Waals surface area (Å²) < 4.78 is 23.8. The van der Waals surface area contributed by atoms with Crippen LogP contribution in [-0.4, -0.2) is 13.1 Å². The highest BCUT2D eigenvalue weighted by Gasteiger charge is 2.15. The predicted molar refractivity (Wildman–Crippen MR) is 76.5 cm³/mol. The van der Waals surface area contributed by atoms with Crippen molar-refractivity contribution in [1.82, 2.24) is 0 Å². The van der Waals surface area contributed by atoms with Gasteiger partial charge in [0.1, 0.15) is 5.75 Å². The molecule has 0 bridgehead atoms. The summed E-state index contributed by atoms with van der Waals surface area (Å²) >= 11 is 0. The van der Waals surface area contributed by atoms with Gasteiger partial charge in [0.15, 0.2) is 11.6 Å². The average Bonchev–Trinajstić information content (AvgIpc) is 2.50. The van der Waals surface area contributed by atoms with E-state index in [-0.39, 0.29) is 12.2 Å². The van der Waals surface area contributed by atoms with Crippen molar-refractivity contribution in [2.24, 2.45) is 5.73 Å². The van der Waals surface area contributed by atoms with Gasteiger partial charge >= 0.3 is 5.97 Å². The van der Waals surface area contributed by atoms with E-state index in [4.69, 9.17) is 10.5 Å². The quantitative estimate of drug-likeness (QED) is 0.859. The van der Waals surface area contributed by atoms with Crippen molar-refractivity contribution in [3.8, 4) is 11.5 Å². The van der Waals surface area contributed by atoms with Crippen molar-refractivity contribution < 1.29 is 18.7 Å². The van der Waals surface area contributed by atoms with Crippen LogP contribution in [0.1, 0.15) is 18.0 Å². The van der Waals surface area contributed by atoms with Gasteiger partial charge in [-0.3, -0.25) is 4.79 Å². The molecular formula is C16H16FNO3. The van der Waals surface area contributed by atoms with E-state index in [1.165, 1.54) is 25.3 Å². The second-order valence-corrected chi connectivity index (χ2v) is 4.49. The second kappa shape index (κ2) is 6.85. The van der Waals surface area contributed by atoms with Crippen LogP contribution in [-0.2, 0) is 9.53 Å². The minimum absolute atomic E-state index is 0.0207. The molecule has 110 valence electrons. The molecule has 0 amide bonds. The monoisotopic (exact) mass is 289 g/mol. The van der Waals surface area contributed by atoms with Crippen LogP contribution < -0.4 is 10.5 Å². The Labute approximate surface area is 122 Å². The van der Waals surface area contributed by atoms with E-state index in [2.05, 4.69) is 4.74 Å². The number of carbonyl (C=O) groups excluding carboxylic acids is 1. The van der Waals surface area contributed by atoms with Crippen LogP contribution in [0.2, 0.25) is 0 Å². The number of hydrogen-bond acceptors (Lipinski definition) is 4. The Balaban J connectivity index is 2.19. The Hall–Kier alpha value is -2.40. The Bertz CT molecular complexity index is 616. The first kappa shape index (κ1) is 15.0. The minimum Gasteiger partial charge on any atom is -0.469 e. The number of carbonyl (C=O) groups is 1. The topological polar surface area (TPSA) is 61.5 Å². The fourth-order valence-corrected chi connectivity index (χ4v) is 1.83. The zero-order valence-electron chi connectivity index (χ0n) is 11.6. The molecule has 21 heavy (non-hydrogen) atoms. The molecule has 5 heteroatoms. The van der Waals surface area contributed by atoms with Crippen molar-refractivity contribution in [3.63, 3.8) is 0 Å². The number of hydrogen-bond donors (Lipinski definition) is 1. The molecule has 0 spiro atoms. The molecule has 0 aliphatic heterocycles. The third-order valence-electron chi connectivity index (χ3n) is 2.97. The van der Waals surface area contributed by atoms with Crippen LogP contribution in [0.3, 0.4) is 0 Å². The van der Waals surface area contributed by atoms with Crippen molar-refractivity contribution in [2.75, 3.05) is 7.11 Å². The van der Waals surface area contributed by atoms with Crippen LogP contribution >= 0.6 is 0 Å². The summed E-state index contributed by atoms with van der Waals surface area (Å²) in [6, 6.07) is 12.6. The zero-order chi connectivity index (χ0) is 15.2. The third kappa shape index (κ3) is 4.03. The normalized spacial score (nSPS) is 11.8. The van der Waals surface area contributed by atoms with E-state index in [0.29, 0.717) is 11.3 Å². The second-order valence-electron chi connectivity index (χ2n) is 4.49. The largest absolute Gasteiger partial charge is 0.469 e. The predicted octanol–water partition coefficient (Wildman–Crippen LogP) is 3.18. The van der Waals surface area contributed by atoms with Crippen molar-refractivity contribution in [1.29, 1.82) is 0 Å². The molecule has 2 rings (SSSR count). The minimum atomic E-state index is -0.573. The highest BCUT2D eigenvalue weighted by atomic mass is 19.1. The Morgan fingerprint density at radius 1 is 1.24 bits per heavy atom. The summed E-state index contributed by atoms with van der Waals surface area (Å²) in [4.78, 5) is 11.2. The summed E-state index contributed by atoms with van der Waals surface area (Å²) in [5, 5.41) is 0. The molecular weight excluding hydrogens is 273 g/mol. The smallest absolute Gasteiger partial charge is 0.307 e. The van der Waals surface area contributed by atoms with Gasteiger partial charge in [0.05, 0.1) is 13.5 Å². The maximum atomic E-state index is 13.8. The third-order valence-corrected chi connectivity index (χ3v) is 2.97. The van der Waals surface area contributed by atoms with E-state index in [9.17, 15) is 9.18 Å². The highest BCUT2D eigenvalue weighted by molar-refractivity contribution is 5.70. The number of nitrogens with two attached hydrogens (primary N) is 1. The molecule has 2 aromatic carbocycles. The van der Waals surface area contributed by atoms with E-state index in [1.807, 2.05) is 6.07 Å². The number of ether oxygens (including phenoxy) is 2. The number of para-hydroxylation sites is 1. The summed E-state index contributed by atoms with van der Waals surface area (Å²) in [5.41, 5.74) is 6.51. The fourth-order valence-electron chi connectivity index (χ4n) is 1.83. The van der Waals surface area contributed by atoms with E-state index in [1.54, 1.807) is 24.3 Å². The first-order valence-corrected chi connectivity index (χ1v) is 6.45. The first-order chi connectivity index (χ1) is 10.1. The maximum Gasteiger partial charge on any atom is 0.307 e. The van der Waals surface area contributed by atoms with E-state index < -0.39 is 17.8 Å². The molecule has 1 atom stereocenters. The molecule has 0 saturated heterocycles. The van der Waals surface area contributed by atoms with Crippen LogP contribution in [0.5, 0.6) is 11.5 Å². The molecule has 2 aromatic rings. The van der Waals surface area contributed by atoms with Crippen LogP contribution in [0, 0.1) is 5.82 Å². The lowest BCUT2D eigenvalue weighted by atomic mass is 10.0. The molecule has 2 N–H and O–H groups in total. The first-order valence-electron chi connectivity index (χ1n) is 6.45. The Kier molecular flexibility index (Phi) is 4.90. The maximum absolute atomic E-state index is 13.8. The van der Waals surface area contributed by atoms with Gasteiger partial charge in [0.25, 0.3) is 0 Å². The molecule has 0 aliphatic carbocycles. The summed E-state index contributed by atoms with van der Waals surface area (Å²) in [7, 11) is 1.30. The number of methoxy groups -OCH3 is 1. The van der Waals surface area contributed by atoms with Gasteiger partial charge in [-0.25, -0.2) is 4.39 Å². The molecule has 0 unspecified atom stereocenters. The van der Waals surface area contributed by atoms with Gasteiger partial charge in [-0.05, 0) is 29.8 Å². The van der Waals surface area contributed by atoms with Gasteiger partial charge in [-0.15, -0.1) is 0 Å². The lowest BCUT2D eigenvalue weighted by Gasteiger charge is -2.13. The van der Waals surface area contributed by atoms with E-state index >= 15 is 0 Å². The fraction of sp³-hybridized carbons (Fsp3) is 0.188. The van der Waals surface area contributed by atoms with E-state index in [0.717, 1.165) is 0 Å². The van der Waals surface area contributed by atoms with Crippen LogP contribution in [0.4, 0.5) is 4.39 Å². The van der Waals surface area contributed by atoms with Gasteiger partial charge in [-0.1, -0.05) is 24.3 Å². The van der Waals surface area contributed by atoms with Gasteiger partial charge in [0, 0.05) is 6.04 Å². The summed E-state index contributed by atoms with van der Waals surface area (Å²) in [6.45, 7) is 0. The lowest BCUT2D eigenvalue weighted by molar-refractivity contribution is -0.141. The van der Waals surface area contributed by atoms with Crippen LogP contribution in [0.25, 0.3) is 0 Å². The molecule has 0 aromatic heterocycles. The molecule has 4 nitrogen and oxygen atoms in total. The molecule has 0 fully saturated rings.